The summed E-state index contributed by atoms with van der Waals surface area (Å²) in [5.74, 6) is -1.60. The summed E-state index contributed by atoms with van der Waals surface area (Å²) in [7, 11) is 0. The zero-order valence-corrected chi connectivity index (χ0v) is 15.7. The molecular weight excluding hydrogens is 406 g/mol. The highest BCUT2D eigenvalue weighted by atomic mass is 35.5. The normalized spacial score (nSPS) is 11.7. The topological polar surface area (TPSA) is 142 Å². The maximum absolute atomic E-state index is 12.1. The van der Waals surface area contributed by atoms with E-state index in [0.29, 0.717) is 0 Å². The van der Waals surface area contributed by atoms with Crippen molar-refractivity contribution >= 4 is 46.6 Å². The summed E-state index contributed by atoms with van der Waals surface area (Å²) in [5.41, 5.74) is -0.118. The second kappa shape index (κ2) is 9.42. The molecule has 0 fully saturated rings. The number of para-hydroxylation sites is 1. The van der Waals surface area contributed by atoms with Gasteiger partial charge in [-0.15, -0.1) is 0 Å². The molecule has 1 atom stereocenters. The number of amides is 1. The maximum Gasteiger partial charge on any atom is 0.331 e. The Morgan fingerprint density at radius 2 is 1.83 bits per heavy atom. The predicted octanol–water partition coefficient (Wildman–Crippen LogP) is 3.74. The van der Waals surface area contributed by atoms with E-state index in [-0.39, 0.29) is 27.6 Å². The average Bonchev–Trinajstić information content (AvgIpc) is 2.67. The molecule has 0 aliphatic rings. The van der Waals surface area contributed by atoms with Crippen LogP contribution in [-0.2, 0) is 14.3 Å². The number of nitro groups is 2. The van der Waals surface area contributed by atoms with Crippen molar-refractivity contribution in [2.24, 2.45) is 0 Å². The highest BCUT2D eigenvalue weighted by Crippen LogP contribution is 2.26. The van der Waals surface area contributed by atoms with Gasteiger partial charge in [-0.05, 0) is 25.1 Å². The molecule has 0 aliphatic heterocycles. The fourth-order valence-corrected chi connectivity index (χ4v) is 2.39. The Morgan fingerprint density at radius 1 is 1.14 bits per heavy atom. The molecule has 0 aliphatic carbocycles. The Kier molecular flexibility index (Phi) is 6.99. The van der Waals surface area contributed by atoms with Gasteiger partial charge in [-0.3, -0.25) is 25.0 Å². The van der Waals surface area contributed by atoms with Gasteiger partial charge in [0.25, 0.3) is 17.3 Å². The lowest BCUT2D eigenvalue weighted by Gasteiger charge is -2.13. The fraction of sp³-hybridized carbons (Fsp3) is 0.111. The van der Waals surface area contributed by atoms with Crippen molar-refractivity contribution in [3.05, 3.63) is 79.4 Å². The van der Waals surface area contributed by atoms with Crippen molar-refractivity contribution in [2.75, 3.05) is 5.32 Å². The van der Waals surface area contributed by atoms with Crippen LogP contribution in [0.4, 0.5) is 17.1 Å². The quantitative estimate of drug-likeness (QED) is 0.311. The molecule has 0 bridgehead atoms. The zero-order chi connectivity index (χ0) is 21.6. The predicted molar refractivity (Wildman–Crippen MR) is 104 cm³/mol. The standard InChI is InChI=1S/C18H14ClN3O7/c1-11(18(24)20-15-8-7-13(21(25)26)10-14(15)19)29-17(23)9-6-12-4-2-3-5-16(12)22(27)28/h2-11H,1H3,(H,20,24)/b9-6+. The number of halogens is 1. The number of benzene rings is 2. The molecule has 150 valence electrons. The van der Waals surface area contributed by atoms with Crippen LogP contribution in [0, 0.1) is 20.2 Å². The van der Waals surface area contributed by atoms with E-state index in [1.165, 1.54) is 37.3 Å². The van der Waals surface area contributed by atoms with Crippen LogP contribution in [0.2, 0.25) is 5.02 Å². The van der Waals surface area contributed by atoms with Crippen molar-refractivity contribution in [1.29, 1.82) is 0 Å². The van der Waals surface area contributed by atoms with Crippen LogP contribution in [-0.4, -0.2) is 27.8 Å². The number of esters is 1. The van der Waals surface area contributed by atoms with Crippen LogP contribution in [0.15, 0.2) is 48.5 Å². The number of carbonyl (C=O) groups is 2. The summed E-state index contributed by atoms with van der Waals surface area (Å²) in [6.45, 7) is 1.31. The number of anilines is 1. The molecule has 0 radical (unpaired) electrons. The third-order valence-corrected chi connectivity index (χ3v) is 3.93. The van der Waals surface area contributed by atoms with E-state index in [1.54, 1.807) is 6.07 Å². The third-order valence-electron chi connectivity index (χ3n) is 3.62. The first-order chi connectivity index (χ1) is 13.7. The summed E-state index contributed by atoms with van der Waals surface area (Å²) in [6, 6.07) is 9.29. The van der Waals surface area contributed by atoms with E-state index in [9.17, 15) is 29.8 Å². The van der Waals surface area contributed by atoms with E-state index >= 15 is 0 Å². The van der Waals surface area contributed by atoms with Gasteiger partial charge in [-0.1, -0.05) is 23.7 Å². The number of hydrogen-bond acceptors (Lipinski definition) is 7. The molecule has 2 aromatic rings. The maximum atomic E-state index is 12.1. The monoisotopic (exact) mass is 419 g/mol. The van der Waals surface area contributed by atoms with Crippen LogP contribution >= 0.6 is 11.6 Å². The Balaban J connectivity index is 2.00. The number of non-ortho nitro benzene ring substituents is 1. The van der Waals surface area contributed by atoms with Crippen LogP contribution in [0.3, 0.4) is 0 Å². The summed E-state index contributed by atoms with van der Waals surface area (Å²) < 4.78 is 4.95. The average molecular weight is 420 g/mol. The SMILES string of the molecule is CC(OC(=O)/C=C/c1ccccc1[N+](=O)[O-])C(=O)Nc1ccc([N+](=O)[O-])cc1Cl. The van der Waals surface area contributed by atoms with Gasteiger partial charge in [-0.25, -0.2) is 4.79 Å². The molecular formula is C18H14ClN3O7. The minimum atomic E-state index is -1.22. The first kappa shape index (κ1) is 21.5. The summed E-state index contributed by atoms with van der Waals surface area (Å²) in [4.78, 5) is 44.5. The molecule has 0 aromatic heterocycles. The van der Waals surface area contributed by atoms with E-state index < -0.39 is 27.8 Å². The number of ether oxygens (including phenoxy) is 1. The highest BCUT2D eigenvalue weighted by Gasteiger charge is 2.19. The zero-order valence-electron chi connectivity index (χ0n) is 14.9. The number of hydrogen-bond donors (Lipinski definition) is 1. The molecule has 1 N–H and O–H groups in total. The Labute approximate surface area is 169 Å². The van der Waals surface area contributed by atoms with Crippen LogP contribution in [0.1, 0.15) is 12.5 Å². The summed E-state index contributed by atoms with van der Waals surface area (Å²) in [6.07, 6.45) is 0.952. The van der Waals surface area contributed by atoms with Gasteiger partial charge in [0, 0.05) is 24.3 Å². The minimum Gasteiger partial charge on any atom is -0.449 e. The lowest BCUT2D eigenvalue weighted by molar-refractivity contribution is -0.385. The van der Waals surface area contributed by atoms with Crippen molar-refractivity contribution in [3.63, 3.8) is 0 Å². The molecule has 0 heterocycles. The molecule has 29 heavy (non-hydrogen) atoms. The van der Waals surface area contributed by atoms with Gasteiger partial charge in [0.2, 0.25) is 0 Å². The third kappa shape index (κ3) is 5.84. The van der Waals surface area contributed by atoms with Crippen molar-refractivity contribution in [3.8, 4) is 0 Å². The first-order valence-electron chi connectivity index (χ1n) is 8.06. The second-order valence-corrected chi connectivity index (χ2v) is 6.05. The molecule has 1 unspecified atom stereocenters. The van der Waals surface area contributed by atoms with Crippen molar-refractivity contribution in [2.45, 2.75) is 13.0 Å². The fourth-order valence-electron chi connectivity index (χ4n) is 2.17. The van der Waals surface area contributed by atoms with Crippen molar-refractivity contribution < 1.29 is 24.2 Å². The van der Waals surface area contributed by atoms with Gasteiger partial charge in [0.1, 0.15) is 0 Å². The van der Waals surface area contributed by atoms with Gasteiger partial charge in [0.15, 0.2) is 6.10 Å². The number of rotatable bonds is 7. The first-order valence-corrected chi connectivity index (χ1v) is 8.43. The lowest BCUT2D eigenvalue weighted by atomic mass is 10.1. The highest BCUT2D eigenvalue weighted by molar-refractivity contribution is 6.34. The van der Waals surface area contributed by atoms with E-state index in [1.807, 2.05) is 0 Å². The largest absolute Gasteiger partial charge is 0.449 e. The summed E-state index contributed by atoms with van der Waals surface area (Å²) in [5, 5.41) is 24.0. The molecule has 11 heteroatoms. The van der Waals surface area contributed by atoms with E-state index in [2.05, 4.69) is 5.32 Å². The van der Waals surface area contributed by atoms with Gasteiger partial charge < -0.3 is 10.1 Å². The molecule has 2 aromatic carbocycles. The number of nitrogens with one attached hydrogen (secondary N) is 1. The van der Waals surface area contributed by atoms with Crippen LogP contribution in [0.25, 0.3) is 6.08 Å². The Morgan fingerprint density at radius 3 is 2.45 bits per heavy atom. The number of nitro benzene ring substituents is 2. The molecule has 0 saturated carbocycles. The van der Waals surface area contributed by atoms with Crippen LogP contribution in [0.5, 0.6) is 0 Å². The Hall–Kier alpha value is -3.79. The molecule has 10 nitrogen and oxygen atoms in total. The molecule has 1 amide bonds. The number of nitrogens with zero attached hydrogens (tertiary/aromatic N) is 2. The van der Waals surface area contributed by atoms with Crippen molar-refractivity contribution in [1.82, 2.24) is 0 Å². The van der Waals surface area contributed by atoms with Gasteiger partial charge >= 0.3 is 5.97 Å². The summed E-state index contributed by atoms with van der Waals surface area (Å²) >= 11 is 5.89. The van der Waals surface area contributed by atoms with Gasteiger partial charge in [0.05, 0.1) is 26.1 Å². The molecule has 0 saturated heterocycles. The number of carbonyl (C=O) groups excluding carboxylic acids is 2. The van der Waals surface area contributed by atoms with E-state index in [0.717, 1.165) is 18.2 Å². The van der Waals surface area contributed by atoms with Crippen LogP contribution < -0.4 is 5.32 Å². The lowest BCUT2D eigenvalue weighted by Crippen LogP contribution is -2.29. The molecule has 0 spiro atoms. The molecule has 2 rings (SSSR count). The van der Waals surface area contributed by atoms with Gasteiger partial charge in [-0.2, -0.15) is 0 Å². The minimum absolute atomic E-state index is 0.0534. The smallest absolute Gasteiger partial charge is 0.331 e. The second-order valence-electron chi connectivity index (χ2n) is 5.64. The van der Waals surface area contributed by atoms with E-state index in [4.69, 9.17) is 16.3 Å². The Bertz CT molecular complexity index is 1010.